The minimum Gasteiger partial charge on any atom is -0.459 e. The first kappa shape index (κ1) is 20.7. The normalized spacial score (nSPS) is 11.0. The van der Waals surface area contributed by atoms with Crippen molar-refractivity contribution < 1.29 is 18.5 Å². The Labute approximate surface area is 192 Å². The molecule has 4 heterocycles. The van der Waals surface area contributed by atoms with E-state index in [0.717, 1.165) is 9.75 Å². The second-order valence-electron chi connectivity index (χ2n) is 7.38. The van der Waals surface area contributed by atoms with Crippen LogP contribution in [0.5, 0.6) is 0 Å². The molecule has 0 radical (unpaired) electrons. The van der Waals surface area contributed by atoms with Crippen LogP contribution in [0.4, 0.5) is 11.4 Å². The summed E-state index contributed by atoms with van der Waals surface area (Å²) >= 11 is 1.58. The van der Waals surface area contributed by atoms with Crippen molar-refractivity contribution in [1.29, 1.82) is 0 Å². The van der Waals surface area contributed by atoms with Crippen LogP contribution in [0.25, 0.3) is 21.7 Å². The van der Waals surface area contributed by atoms with Crippen LogP contribution in [0, 0.1) is 13.8 Å². The summed E-state index contributed by atoms with van der Waals surface area (Å²) < 4.78 is 10.5. The molecule has 4 aromatic heterocycles. The van der Waals surface area contributed by atoms with E-state index in [-0.39, 0.29) is 17.6 Å². The number of nitrogens with one attached hydrogen (secondary N) is 2. The number of hydrogen-bond donors (Lipinski definition) is 2. The Morgan fingerprint density at radius 1 is 0.939 bits per heavy atom. The molecule has 0 spiro atoms. The van der Waals surface area contributed by atoms with E-state index in [1.54, 1.807) is 60.7 Å². The summed E-state index contributed by atoms with van der Waals surface area (Å²) in [7, 11) is 0. The quantitative estimate of drug-likeness (QED) is 0.351. The van der Waals surface area contributed by atoms with E-state index in [1.807, 2.05) is 19.1 Å². The minimum absolute atomic E-state index is 0.197. The van der Waals surface area contributed by atoms with Gasteiger partial charge in [0.25, 0.3) is 17.5 Å². The van der Waals surface area contributed by atoms with E-state index < -0.39 is 0 Å². The van der Waals surface area contributed by atoms with Gasteiger partial charge in [-0.15, -0.1) is 11.3 Å². The summed E-state index contributed by atoms with van der Waals surface area (Å²) in [6.45, 7) is 3.78. The van der Waals surface area contributed by atoms with Gasteiger partial charge in [0, 0.05) is 16.3 Å². The molecule has 0 saturated heterocycles. The third-order valence-corrected chi connectivity index (χ3v) is 6.00. The van der Waals surface area contributed by atoms with Gasteiger partial charge in [-0.25, -0.2) is 4.98 Å². The lowest BCUT2D eigenvalue weighted by Crippen LogP contribution is -2.14. The third-order valence-electron chi connectivity index (χ3n) is 4.98. The highest BCUT2D eigenvalue weighted by molar-refractivity contribution is 7.15. The van der Waals surface area contributed by atoms with E-state index in [4.69, 9.17) is 8.94 Å². The highest BCUT2D eigenvalue weighted by Gasteiger charge is 2.20. The van der Waals surface area contributed by atoms with E-state index in [0.29, 0.717) is 39.4 Å². The Morgan fingerprint density at radius 3 is 2.42 bits per heavy atom. The summed E-state index contributed by atoms with van der Waals surface area (Å²) in [6.07, 6.45) is 1.43. The molecule has 0 bridgehead atoms. The van der Waals surface area contributed by atoms with Gasteiger partial charge in [-0.1, -0.05) is 11.2 Å². The molecule has 8 nitrogen and oxygen atoms in total. The topological polar surface area (TPSA) is 110 Å². The van der Waals surface area contributed by atoms with Crippen molar-refractivity contribution in [3.05, 3.63) is 82.8 Å². The molecule has 2 amide bonds. The molecule has 0 atom stereocenters. The largest absolute Gasteiger partial charge is 0.459 e. The van der Waals surface area contributed by atoms with Gasteiger partial charge in [0.1, 0.15) is 0 Å². The number of carbonyl (C=O) groups is 2. The summed E-state index contributed by atoms with van der Waals surface area (Å²) in [6, 6.07) is 15.8. The van der Waals surface area contributed by atoms with Crippen molar-refractivity contribution >= 4 is 45.6 Å². The van der Waals surface area contributed by atoms with Gasteiger partial charge in [-0.2, -0.15) is 0 Å². The molecule has 0 aliphatic heterocycles. The number of thiophene rings is 1. The van der Waals surface area contributed by atoms with Crippen LogP contribution < -0.4 is 10.6 Å². The zero-order valence-electron chi connectivity index (χ0n) is 17.7. The van der Waals surface area contributed by atoms with Crippen LogP contribution in [0.3, 0.4) is 0 Å². The zero-order chi connectivity index (χ0) is 22.9. The highest BCUT2D eigenvalue weighted by Crippen LogP contribution is 2.31. The standard InChI is InChI=1S/C24H18N4O4S/c1-13-8-9-20(33-13)18-12-17(21-14(2)28-32-24(21)27-18)22(29)25-15-5-3-6-16(11-15)26-23(30)19-7-4-10-31-19/h3-12H,1-2H3,(H,25,29)(H,26,30). The summed E-state index contributed by atoms with van der Waals surface area (Å²) in [5.74, 6) is -0.518. The molecule has 0 aliphatic rings. The first-order chi connectivity index (χ1) is 16.0. The second kappa shape index (κ2) is 8.36. The number of benzene rings is 1. The van der Waals surface area contributed by atoms with Gasteiger partial charge < -0.3 is 19.6 Å². The van der Waals surface area contributed by atoms with Gasteiger partial charge in [0.05, 0.1) is 33.5 Å². The monoisotopic (exact) mass is 458 g/mol. The lowest BCUT2D eigenvalue weighted by molar-refractivity contribution is 0.0995. The number of furan rings is 1. The number of anilines is 2. The predicted molar refractivity (Wildman–Crippen MR) is 126 cm³/mol. The maximum absolute atomic E-state index is 13.3. The number of pyridine rings is 1. The summed E-state index contributed by atoms with van der Waals surface area (Å²) in [5, 5.41) is 10.2. The van der Waals surface area contributed by atoms with Crippen molar-refractivity contribution in [2.75, 3.05) is 10.6 Å². The molecule has 5 rings (SSSR count). The molecule has 0 fully saturated rings. The number of amides is 2. The number of fused-ring (bicyclic) bond motifs is 1. The van der Waals surface area contributed by atoms with Crippen LogP contribution >= 0.6 is 11.3 Å². The molecule has 5 aromatic rings. The fourth-order valence-corrected chi connectivity index (χ4v) is 4.27. The fraction of sp³-hybridized carbons (Fsp3) is 0.0833. The third kappa shape index (κ3) is 4.13. The van der Waals surface area contributed by atoms with Gasteiger partial charge in [-0.05, 0) is 62.4 Å². The van der Waals surface area contributed by atoms with Crippen molar-refractivity contribution in [3.63, 3.8) is 0 Å². The molecule has 0 unspecified atom stereocenters. The molecule has 0 saturated carbocycles. The Bertz CT molecular complexity index is 1480. The fourth-order valence-electron chi connectivity index (χ4n) is 3.45. The van der Waals surface area contributed by atoms with Gasteiger partial charge >= 0.3 is 0 Å². The Balaban J connectivity index is 1.44. The number of aryl methyl sites for hydroxylation is 2. The Hall–Kier alpha value is -4.24. The molecule has 9 heteroatoms. The predicted octanol–water partition coefficient (Wildman–Crippen LogP) is 5.67. The molecule has 0 aliphatic carbocycles. The summed E-state index contributed by atoms with van der Waals surface area (Å²) in [4.78, 5) is 32.1. The van der Waals surface area contributed by atoms with Crippen LogP contribution in [0.2, 0.25) is 0 Å². The lowest BCUT2D eigenvalue weighted by atomic mass is 10.1. The SMILES string of the molecule is Cc1ccc(-c2cc(C(=O)Nc3cccc(NC(=O)c4ccco4)c3)c3c(C)noc3n2)s1. The van der Waals surface area contributed by atoms with Crippen LogP contribution in [0.1, 0.15) is 31.5 Å². The smallest absolute Gasteiger partial charge is 0.291 e. The van der Waals surface area contributed by atoms with Crippen LogP contribution in [-0.4, -0.2) is 22.0 Å². The molecular weight excluding hydrogens is 440 g/mol. The van der Waals surface area contributed by atoms with Crippen molar-refractivity contribution in [3.8, 4) is 10.6 Å². The first-order valence-corrected chi connectivity index (χ1v) is 10.9. The summed E-state index contributed by atoms with van der Waals surface area (Å²) in [5.41, 5.74) is 2.97. The van der Waals surface area contributed by atoms with Gasteiger partial charge in [0.15, 0.2) is 5.76 Å². The van der Waals surface area contributed by atoms with E-state index in [9.17, 15) is 9.59 Å². The maximum atomic E-state index is 13.3. The Kier molecular flexibility index (Phi) is 5.23. The second-order valence-corrected chi connectivity index (χ2v) is 8.67. The number of nitrogens with zero attached hydrogens (tertiary/aromatic N) is 2. The molecule has 1 aromatic carbocycles. The van der Waals surface area contributed by atoms with E-state index in [2.05, 4.69) is 20.8 Å². The van der Waals surface area contributed by atoms with E-state index >= 15 is 0 Å². The average molecular weight is 458 g/mol. The van der Waals surface area contributed by atoms with Gasteiger partial charge in [-0.3, -0.25) is 9.59 Å². The van der Waals surface area contributed by atoms with Gasteiger partial charge in [0.2, 0.25) is 0 Å². The molecule has 2 N–H and O–H groups in total. The number of rotatable bonds is 5. The number of carbonyl (C=O) groups excluding carboxylic acids is 2. The van der Waals surface area contributed by atoms with Crippen LogP contribution in [-0.2, 0) is 0 Å². The van der Waals surface area contributed by atoms with Crippen molar-refractivity contribution in [2.45, 2.75) is 13.8 Å². The number of hydrogen-bond acceptors (Lipinski definition) is 7. The lowest BCUT2D eigenvalue weighted by Gasteiger charge is -2.10. The number of aromatic nitrogens is 2. The molecule has 164 valence electrons. The highest BCUT2D eigenvalue weighted by atomic mass is 32.1. The first-order valence-electron chi connectivity index (χ1n) is 10.1. The Morgan fingerprint density at radius 2 is 1.73 bits per heavy atom. The van der Waals surface area contributed by atoms with E-state index in [1.165, 1.54) is 6.26 Å². The minimum atomic E-state index is -0.379. The maximum Gasteiger partial charge on any atom is 0.291 e. The molecular formula is C24H18N4O4S. The van der Waals surface area contributed by atoms with Crippen molar-refractivity contribution in [1.82, 2.24) is 10.1 Å². The zero-order valence-corrected chi connectivity index (χ0v) is 18.5. The molecule has 33 heavy (non-hydrogen) atoms. The van der Waals surface area contributed by atoms with Crippen molar-refractivity contribution in [2.24, 2.45) is 0 Å². The average Bonchev–Trinajstić information content (AvgIpc) is 3.55. The van der Waals surface area contributed by atoms with Crippen LogP contribution in [0.15, 0.2) is 69.8 Å².